The average Bonchev–Trinajstić information content (AvgIpc) is 3.08. The first kappa shape index (κ1) is 12.5. The molecule has 0 aliphatic carbocycles. The highest BCUT2D eigenvalue weighted by Crippen LogP contribution is 2.30. The lowest BCUT2D eigenvalue weighted by Gasteiger charge is -2.04. The second-order valence-corrected chi connectivity index (χ2v) is 5.71. The summed E-state index contributed by atoms with van der Waals surface area (Å²) in [6.45, 7) is 0.634. The largest absolute Gasteiger partial charge is 0.466 e. The Balaban J connectivity index is 1.69. The van der Waals surface area contributed by atoms with Gasteiger partial charge in [0, 0.05) is 16.5 Å². The van der Waals surface area contributed by atoms with Crippen LogP contribution in [0.1, 0.15) is 5.76 Å². The molecule has 3 nitrogen and oxygen atoms in total. The van der Waals surface area contributed by atoms with E-state index in [1.165, 1.54) is 0 Å². The average molecular weight is 342 g/mol. The number of para-hydroxylation sites is 1. The summed E-state index contributed by atoms with van der Waals surface area (Å²) in [6.07, 6.45) is 1.67. The van der Waals surface area contributed by atoms with Gasteiger partial charge in [-0.15, -0.1) is 0 Å². The highest BCUT2D eigenvalue weighted by atomic mass is 79.9. The summed E-state index contributed by atoms with van der Waals surface area (Å²) in [7, 11) is 0. The molecule has 0 atom stereocenters. The van der Waals surface area contributed by atoms with Crippen LogP contribution in [0.25, 0.3) is 21.9 Å². The second kappa shape index (κ2) is 4.97. The molecular formula is C17H12BrNO2. The topological polar surface area (TPSA) is 38.3 Å². The van der Waals surface area contributed by atoms with Gasteiger partial charge in [0.2, 0.25) is 0 Å². The van der Waals surface area contributed by atoms with E-state index in [0.717, 1.165) is 37.9 Å². The molecule has 2 aromatic carbocycles. The maximum atomic E-state index is 5.82. The van der Waals surface area contributed by atoms with Gasteiger partial charge in [0.25, 0.3) is 0 Å². The van der Waals surface area contributed by atoms with Crippen molar-refractivity contribution in [1.29, 1.82) is 0 Å². The lowest BCUT2D eigenvalue weighted by Crippen LogP contribution is -1.98. The van der Waals surface area contributed by atoms with Crippen molar-refractivity contribution >= 4 is 43.6 Å². The Morgan fingerprint density at radius 1 is 0.952 bits per heavy atom. The van der Waals surface area contributed by atoms with Crippen LogP contribution in [-0.4, -0.2) is 0 Å². The van der Waals surface area contributed by atoms with Gasteiger partial charge >= 0.3 is 0 Å². The van der Waals surface area contributed by atoms with Gasteiger partial charge in [-0.3, -0.25) is 0 Å². The van der Waals surface area contributed by atoms with E-state index in [1.807, 2.05) is 36.4 Å². The number of halogens is 1. The first-order valence-electron chi connectivity index (χ1n) is 6.68. The molecule has 21 heavy (non-hydrogen) atoms. The van der Waals surface area contributed by atoms with E-state index >= 15 is 0 Å². The lowest BCUT2D eigenvalue weighted by atomic mass is 10.1. The number of hydrogen-bond donors (Lipinski definition) is 1. The fourth-order valence-electron chi connectivity index (χ4n) is 2.47. The van der Waals surface area contributed by atoms with E-state index < -0.39 is 0 Å². The van der Waals surface area contributed by atoms with Crippen LogP contribution < -0.4 is 5.32 Å². The van der Waals surface area contributed by atoms with E-state index in [4.69, 9.17) is 8.83 Å². The Bertz CT molecular complexity index is 923. The zero-order valence-corrected chi connectivity index (χ0v) is 12.7. The van der Waals surface area contributed by atoms with Crippen molar-refractivity contribution in [2.45, 2.75) is 6.54 Å². The fourth-order valence-corrected chi connectivity index (χ4v) is 2.81. The van der Waals surface area contributed by atoms with Gasteiger partial charge in [0.15, 0.2) is 0 Å². The summed E-state index contributed by atoms with van der Waals surface area (Å²) in [5.74, 6) is 0.882. The zero-order chi connectivity index (χ0) is 14.2. The summed E-state index contributed by atoms with van der Waals surface area (Å²) >= 11 is 3.46. The van der Waals surface area contributed by atoms with Crippen LogP contribution in [-0.2, 0) is 6.54 Å². The predicted molar refractivity (Wildman–Crippen MR) is 87.5 cm³/mol. The molecule has 0 radical (unpaired) electrons. The number of furan rings is 2. The van der Waals surface area contributed by atoms with Gasteiger partial charge in [-0.25, -0.2) is 0 Å². The minimum absolute atomic E-state index is 0.634. The summed E-state index contributed by atoms with van der Waals surface area (Å²) < 4.78 is 12.2. The van der Waals surface area contributed by atoms with Crippen LogP contribution >= 0.6 is 15.9 Å². The van der Waals surface area contributed by atoms with Crippen molar-refractivity contribution in [3.8, 4) is 0 Å². The third-order valence-electron chi connectivity index (χ3n) is 3.52. The highest BCUT2D eigenvalue weighted by Gasteiger charge is 2.08. The fraction of sp³-hybridized carbons (Fsp3) is 0.0588. The molecule has 4 rings (SSSR count). The molecule has 1 N–H and O–H groups in total. The molecule has 0 bridgehead atoms. The third kappa shape index (κ3) is 2.21. The summed E-state index contributed by atoms with van der Waals surface area (Å²) in [5.41, 5.74) is 2.86. The molecule has 0 aliphatic rings. The van der Waals surface area contributed by atoms with Gasteiger partial charge in [-0.1, -0.05) is 18.2 Å². The molecule has 4 aromatic rings. The Morgan fingerprint density at radius 2 is 1.81 bits per heavy atom. The number of hydrogen-bond acceptors (Lipinski definition) is 3. The summed E-state index contributed by atoms with van der Waals surface area (Å²) in [4.78, 5) is 0. The number of nitrogens with one attached hydrogen (secondary N) is 1. The molecular weight excluding hydrogens is 330 g/mol. The van der Waals surface area contributed by atoms with Crippen LogP contribution in [0.3, 0.4) is 0 Å². The Kier molecular flexibility index (Phi) is 2.97. The van der Waals surface area contributed by atoms with E-state index in [1.54, 1.807) is 6.26 Å². The van der Waals surface area contributed by atoms with E-state index in [-0.39, 0.29) is 0 Å². The Morgan fingerprint density at radius 3 is 2.67 bits per heavy atom. The van der Waals surface area contributed by atoms with E-state index in [2.05, 4.69) is 33.4 Å². The Hall–Kier alpha value is -2.20. The molecule has 0 spiro atoms. The highest BCUT2D eigenvalue weighted by molar-refractivity contribution is 9.10. The molecule has 2 aromatic heterocycles. The van der Waals surface area contributed by atoms with E-state index in [9.17, 15) is 0 Å². The van der Waals surface area contributed by atoms with Crippen LogP contribution in [0.4, 0.5) is 5.69 Å². The minimum Gasteiger partial charge on any atom is -0.466 e. The molecule has 0 fully saturated rings. The van der Waals surface area contributed by atoms with Crippen LogP contribution in [0, 0.1) is 0 Å². The van der Waals surface area contributed by atoms with Crippen molar-refractivity contribution < 1.29 is 8.83 Å². The number of rotatable bonds is 3. The minimum atomic E-state index is 0.634. The van der Waals surface area contributed by atoms with E-state index in [0.29, 0.717) is 6.54 Å². The first-order chi connectivity index (χ1) is 10.3. The Labute approximate surface area is 129 Å². The smallest absolute Gasteiger partial charge is 0.136 e. The number of benzene rings is 2. The zero-order valence-electron chi connectivity index (χ0n) is 11.1. The molecule has 0 amide bonds. The second-order valence-electron chi connectivity index (χ2n) is 4.85. The predicted octanol–water partition coefficient (Wildman–Crippen LogP) is 5.55. The van der Waals surface area contributed by atoms with Crippen molar-refractivity contribution in [2.75, 3.05) is 5.32 Å². The van der Waals surface area contributed by atoms with Crippen LogP contribution in [0.2, 0.25) is 0 Å². The van der Waals surface area contributed by atoms with Crippen molar-refractivity contribution in [3.05, 3.63) is 65.0 Å². The summed E-state index contributed by atoms with van der Waals surface area (Å²) in [5, 5.41) is 5.62. The molecule has 0 aliphatic heterocycles. The van der Waals surface area contributed by atoms with Crippen LogP contribution in [0.15, 0.2) is 68.1 Å². The molecule has 104 valence electrons. The molecule has 0 unspecified atom stereocenters. The molecule has 0 saturated heterocycles. The van der Waals surface area contributed by atoms with Gasteiger partial charge in [0.1, 0.15) is 16.9 Å². The number of anilines is 1. The molecule has 2 heterocycles. The van der Waals surface area contributed by atoms with Crippen molar-refractivity contribution in [2.24, 2.45) is 0 Å². The monoisotopic (exact) mass is 341 g/mol. The normalized spacial score (nSPS) is 11.3. The van der Waals surface area contributed by atoms with Crippen LogP contribution in [0.5, 0.6) is 0 Å². The van der Waals surface area contributed by atoms with Gasteiger partial charge < -0.3 is 14.2 Å². The SMILES string of the molecule is Brc1ccoc1CNc1ccc2oc3ccccc3c2c1. The molecule has 0 saturated carbocycles. The number of fused-ring (bicyclic) bond motifs is 3. The van der Waals surface area contributed by atoms with Crippen molar-refractivity contribution in [3.63, 3.8) is 0 Å². The maximum absolute atomic E-state index is 5.82. The first-order valence-corrected chi connectivity index (χ1v) is 7.47. The standard InChI is InChI=1S/C17H12BrNO2/c18-14-7-8-20-17(14)10-19-11-5-6-16-13(9-11)12-3-1-2-4-15(12)21-16/h1-9,19H,10H2. The van der Waals surface area contributed by atoms with Gasteiger partial charge in [-0.2, -0.15) is 0 Å². The lowest BCUT2D eigenvalue weighted by molar-refractivity contribution is 0.516. The molecule has 4 heteroatoms. The third-order valence-corrected chi connectivity index (χ3v) is 4.23. The maximum Gasteiger partial charge on any atom is 0.136 e. The van der Waals surface area contributed by atoms with Gasteiger partial charge in [0.05, 0.1) is 17.3 Å². The van der Waals surface area contributed by atoms with Gasteiger partial charge in [-0.05, 0) is 46.3 Å². The van der Waals surface area contributed by atoms with Crippen molar-refractivity contribution in [1.82, 2.24) is 0 Å². The quantitative estimate of drug-likeness (QED) is 0.530. The summed E-state index contributed by atoms with van der Waals surface area (Å²) in [6, 6.07) is 16.1.